The van der Waals surface area contributed by atoms with Crippen molar-refractivity contribution in [3.63, 3.8) is 0 Å². The molecule has 0 aliphatic carbocycles. The Morgan fingerprint density at radius 2 is 2.12 bits per heavy atom. The summed E-state index contributed by atoms with van der Waals surface area (Å²) < 4.78 is 0. The largest absolute Gasteiger partial charge is 0.382 e. The van der Waals surface area contributed by atoms with Crippen molar-refractivity contribution >= 4 is 28.6 Å². The second-order valence-corrected chi connectivity index (χ2v) is 3.99. The molecule has 17 heavy (non-hydrogen) atoms. The maximum absolute atomic E-state index is 5.93. The van der Waals surface area contributed by atoms with Gasteiger partial charge in [0, 0.05) is 10.6 Å². The molecule has 2 heterocycles. The van der Waals surface area contributed by atoms with Crippen molar-refractivity contribution in [3.8, 4) is 11.4 Å². The molecule has 0 spiro atoms. The highest BCUT2D eigenvalue weighted by Gasteiger charge is 2.08. The van der Waals surface area contributed by atoms with Crippen LogP contribution in [0.1, 0.15) is 0 Å². The predicted molar refractivity (Wildman–Crippen MR) is 66.5 cm³/mol. The molecule has 84 valence electrons. The van der Waals surface area contributed by atoms with Gasteiger partial charge < -0.3 is 10.7 Å². The fourth-order valence-corrected chi connectivity index (χ4v) is 1.81. The molecule has 5 nitrogen and oxygen atoms in total. The monoisotopic (exact) mass is 245 g/mol. The van der Waals surface area contributed by atoms with E-state index in [-0.39, 0.29) is 0 Å². The number of rotatable bonds is 1. The first-order chi connectivity index (χ1) is 8.24. The lowest BCUT2D eigenvalue weighted by Gasteiger charge is -1.96. The van der Waals surface area contributed by atoms with E-state index >= 15 is 0 Å². The Balaban J connectivity index is 2.22. The summed E-state index contributed by atoms with van der Waals surface area (Å²) in [6.45, 7) is 0. The van der Waals surface area contributed by atoms with Gasteiger partial charge in [-0.25, -0.2) is 15.0 Å². The molecular formula is C11H8ClN5. The number of anilines is 1. The van der Waals surface area contributed by atoms with E-state index in [1.165, 1.54) is 6.33 Å². The molecule has 6 heteroatoms. The summed E-state index contributed by atoms with van der Waals surface area (Å²) in [6.07, 6.45) is 1.39. The molecule has 0 amide bonds. The standard InChI is InChI=1S/C11H8ClN5/c12-7-3-1-2-6(4-7)10-16-8-9(13)14-5-15-11(8)17-10/h1-5H,(H3,13,14,15,16,17). The van der Waals surface area contributed by atoms with Crippen molar-refractivity contribution in [2.75, 3.05) is 5.73 Å². The number of nitrogens with two attached hydrogens (primary N) is 1. The third-order valence-corrected chi connectivity index (χ3v) is 2.65. The minimum absolute atomic E-state index is 0.385. The van der Waals surface area contributed by atoms with Crippen LogP contribution in [0.3, 0.4) is 0 Å². The van der Waals surface area contributed by atoms with Crippen LogP contribution in [0.5, 0.6) is 0 Å². The molecule has 0 atom stereocenters. The quantitative estimate of drug-likeness (QED) is 0.689. The molecule has 0 unspecified atom stereocenters. The average molecular weight is 246 g/mol. The maximum atomic E-state index is 5.93. The summed E-state index contributed by atoms with van der Waals surface area (Å²) in [7, 11) is 0. The first-order valence-corrected chi connectivity index (χ1v) is 5.34. The number of fused-ring (bicyclic) bond motifs is 1. The number of benzene rings is 1. The van der Waals surface area contributed by atoms with Crippen LogP contribution in [0.2, 0.25) is 5.02 Å². The van der Waals surface area contributed by atoms with E-state index in [1.807, 2.05) is 24.3 Å². The first kappa shape index (κ1) is 10.0. The number of halogens is 1. The van der Waals surface area contributed by atoms with Gasteiger partial charge >= 0.3 is 0 Å². The van der Waals surface area contributed by atoms with Crippen molar-refractivity contribution in [2.45, 2.75) is 0 Å². The number of hydrogen-bond acceptors (Lipinski definition) is 4. The van der Waals surface area contributed by atoms with Crippen LogP contribution >= 0.6 is 11.6 Å². The van der Waals surface area contributed by atoms with Gasteiger partial charge in [0.15, 0.2) is 11.5 Å². The third kappa shape index (κ3) is 1.70. The topological polar surface area (TPSA) is 80.5 Å². The Hall–Kier alpha value is -2.14. The number of H-pyrrole nitrogens is 1. The lowest BCUT2D eigenvalue weighted by molar-refractivity contribution is 1.21. The van der Waals surface area contributed by atoms with Crippen LogP contribution in [0, 0.1) is 0 Å². The van der Waals surface area contributed by atoms with E-state index in [2.05, 4.69) is 19.9 Å². The van der Waals surface area contributed by atoms with Gasteiger partial charge in [0.25, 0.3) is 0 Å². The lowest BCUT2D eigenvalue weighted by atomic mass is 10.2. The molecule has 0 aliphatic heterocycles. The number of nitrogens with one attached hydrogen (secondary N) is 1. The van der Waals surface area contributed by atoms with Crippen molar-refractivity contribution in [1.82, 2.24) is 19.9 Å². The predicted octanol–water partition coefficient (Wildman–Crippen LogP) is 2.26. The molecule has 0 bridgehead atoms. The van der Waals surface area contributed by atoms with Gasteiger partial charge in [-0.1, -0.05) is 23.7 Å². The number of hydrogen-bond donors (Lipinski definition) is 2. The van der Waals surface area contributed by atoms with Gasteiger partial charge in [0.1, 0.15) is 17.7 Å². The van der Waals surface area contributed by atoms with Crippen LogP contribution in [0.15, 0.2) is 30.6 Å². The van der Waals surface area contributed by atoms with Crippen LogP contribution in [-0.4, -0.2) is 19.9 Å². The number of aromatic nitrogens is 4. The Morgan fingerprint density at radius 3 is 2.88 bits per heavy atom. The number of nitrogens with zero attached hydrogens (tertiary/aromatic N) is 3. The van der Waals surface area contributed by atoms with Gasteiger partial charge in [0.2, 0.25) is 0 Å². The normalized spacial score (nSPS) is 10.9. The zero-order valence-electron chi connectivity index (χ0n) is 8.68. The van der Waals surface area contributed by atoms with E-state index in [4.69, 9.17) is 17.3 Å². The Morgan fingerprint density at radius 1 is 1.24 bits per heavy atom. The van der Waals surface area contributed by atoms with Crippen molar-refractivity contribution in [1.29, 1.82) is 0 Å². The fraction of sp³-hybridized carbons (Fsp3) is 0. The van der Waals surface area contributed by atoms with E-state index < -0.39 is 0 Å². The van der Waals surface area contributed by atoms with Crippen LogP contribution in [0.25, 0.3) is 22.6 Å². The van der Waals surface area contributed by atoms with Crippen LogP contribution < -0.4 is 5.73 Å². The summed E-state index contributed by atoms with van der Waals surface area (Å²) >= 11 is 5.93. The number of aromatic amines is 1. The summed E-state index contributed by atoms with van der Waals surface area (Å²) in [6, 6.07) is 7.40. The molecule has 0 saturated carbocycles. The summed E-state index contributed by atoms with van der Waals surface area (Å²) in [5.41, 5.74) is 7.80. The molecule has 2 aromatic heterocycles. The zero-order chi connectivity index (χ0) is 11.8. The highest BCUT2D eigenvalue weighted by molar-refractivity contribution is 6.30. The zero-order valence-corrected chi connectivity index (χ0v) is 9.44. The van der Waals surface area contributed by atoms with Crippen molar-refractivity contribution < 1.29 is 0 Å². The van der Waals surface area contributed by atoms with E-state index in [0.29, 0.717) is 27.8 Å². The minimum atomic E-state index is 0.385. The summed E-state index contributed by atoms with van der Waals surface area (Å²) in [4.78, 5) is 15.4. The third-order valence-electron chi connectivity index (χ3n) is 2.42. The van der Waals surface area contributed by atoms with E-state index in [9.17, 15) is 0 Å². The van der Waals surface area contributed by atoms with Crippen molar-refractivity contribution in [2.24, 2.45) is 0 Å². The molecule has 1 aromatic carbocycles. The van der Waals surface area contributed by atoms with Gasteiger partial charge in [-0.3, -0.25) is 0 Å². The van der Waals surface area contributed by atoms with Gasteiger partial charge in [-0.2, -0.15) is 0 Å². The highest BCUT2D eigenvalue weighted by atomic mass is 35.5. The van der Waals surface area contributed by atoms with E-state index in [1.54, 1.807) is 0 Å². The Kier molecular flexibility index (Phi) is 2.19. The molecule has 3 rings (SSSR count). The Bertz CT molecular complexity index is 691. The molecule has 3 N–H and O–H groups in total. The van der Waals surface area contributed by atoms with Crippen molar-refractivity contribution in [3.05, 3.63) is 35.6 Å². The van der Waals surface area contributed by atoms with Crippen LogP contribution in [-0.2, 0) is 0 Å². The molecule has 0 fully saturated rings. The second-order valence-electron chi connectivity index (χ2n) is 3.55. The van der Waals surface area contributed by atoms with Gasteiger partial charge in [0.05, 0.1) is 0 Å². The second kappa shape index (κ2) is 3.71. The highest BCUT2D eigenvalue weighted by Crippen LogP contribution is 2.23. The van der Waals surface area contributed by atoms with Crippen LogP contribution in [0.4, 0.5) is 5.82 Å². The maximum Gasteiger partial charge on any atom is 0.183 e. The molecule has 0 saturated heterocycles. The summed E-state index contributed by atoms with van der Waals surface area (Å²) in [5.74, 6) is 1.06. The molecule has 0 radical (unpaired) electrons. The Labute approximate surface area is 102 Å². The first-order valence-electron chi connectivity index (χ1n) is 4.96. The smallest absolute Gasteiger partial charge is 0.183 e. The summed E-state index contributed by atoms with van der Waals surface area (Å²) in [5, 5.41) is 0.655. The molecular weight excluding hydrogens is 238 g/mol. The number of nitrogen functional groups attached to an aromatic ring is 1. The van der Waals surface area contributed by atoms with E-state index in [0.717, 1.165) is 5.56 Å². The average Bonchev–Trinajstić information content (AvgIpc) is 2.74. The SMILES string of the molecule is Nc1ncnc2nc(-c3cccc(Cl)c3)[nH]c12. The minimum Gasteiger partial charge on any atom is -0.382 e. The molecule has 0 aliphatic rings. The fourth-order valence-electron chi connectivity index (χ4n) is 1.62. The lowest BCUT2D eigenvalue weighted by Crippen LogP contribution is -1.91. The van der Waals surface area contributed by atoms with Gasteiger partial charge in [-0.05, 0) is 12.1 Å². The van der Waals surface area contributed by atoms with Gasteiger partial charge in [-0.15, -0.1) is 0 Å². The number of imidazole rings is 1. The molecule has 3 aromatic rings.